The van der Waals surface area contributed by atoms with E-state index in [0.29, 0.717) is 12.4 Å². The molecular weight excluding hydrogens is 266 g/mol. The number of ether oxygens (including phenoxy) is 1. The molecule has 21 heavy (non-hydrogen) atoms. The molecule has 0 fully saturated rings. The van der Waals surface area contributed by atoms with Gasteiger partial charge in [0, 0.05) is 23.7 Å². The molecule has 108 valence electrons. The lowest BCUT2D eigenvalue weighted by Gasteiger charge is -2.05. The van der Waals surface area contributed by atoms with E-state index in [4.69, 9.17) is 4.74 Å². The first-order valence-corrected chi connectivity index (χ1v) is 6.90. The number of nitrogens with zero attached hydrogens (tertiary/aromatic N) is 1. The summed E-state index contributed by atoms with van der Waals surface area (Å²) in [6.45, 7) is 3.24. The summed E-state index contributed by atoms with van der Waals surface area (Å²) in [6, 6.07) is 12.2. The van der Waals surface area contributed by atoms with E-state index in [1.54, 1.807) is 30.3 Å². The van der Waals surface area contributed by atoms with Gasteiger partial charge in [-0.05, 0) is 37.3 Å². The van der Waals surface area contributed by atoms with Crippen LogP contribution in [-0.4, -0.2) is 14.8 Å². The zero-order valence-corrected chi connectivity index (χ0v) is 11.8. The molecule has 0 radical (unpaired) electrons. The zero-order chi connectivity index (χ0) is 14.8. The van der Waals surface area contributed by atoms with Crippen molar-refractivity contribution in [2.45, 2.75) is 20.1 Å². The zero-order valence-electron chi connectivity index (χ0n) is 11.8. The average Bonchev–Trinajstić information content (AvgIpc) is 2.86. The fourth-order valence-corrected chi connectivity index (χ4v) is 2.48. The summed E-state index contributed by atoms with van der Waals surface area (Å²) < 4.78 is 7.76. The molecule has 1 heterocycles. The van der Waals surface area contributed by atoms with Gasteiger partial charge < -0.3 is 19.5 Å². The molecule has 0 bridgehead atoms. The molecule has 0 aliphatic rings. The first-order valence-electron chi connectivity index (χ1n) is 6.90. The standard InChI is InChI=1S/C17H17NO3/c1-2-18-10-12(15-4-3-5-16(20)17(15)18)11-21-14-8-6-13(19)7-9-14/h3-10,19-20H,2,11H2,1H3. The summed E-state index contributed by atoms with van der Waals surface area (Å²) in [5.41, 5.74) is 1.86. The number of aryl methyl sites for hydroxylation is 1. The van der Waals surface area contributed by atoms with Crippen LogP contribution in [0.1, 0.15) is 12.5 Å². The highest BCUT2D eigenvalue weighted by molar-refractivity contribution is 5.88. The summed E-state index contributed by atoms with van der Waals surface area (Å²) in [5.74, 6) is 1.20. The van der Waals surface area contributed by atoms with Crippen LogP contribution in [0.4, 0.5) is 0 Å². The molecule has 4 heteroatoms. The highest BCUT2D eigenvalue weighted by atomic mass is 16.5. The van der Waals surface area contributed by atoms with Crippen molar-refractivity contribution in [3.8, 4) is 17.2 Å². The molecule has 2 aromatic carbocycles. The lowest BCUT2D eigenvalue weighted by atomic mass is 10.2. The van der Waals surface area contributed by atoms with Crippen LogP contribution in [0.5, 0.6) is 17.2 Å². The smallest absolute Gasteiger partial charge is 0.139 e. The van der Waals surface area contributed by atoms with Gasteiger partial charge in [-0.15, -0.1) is 0 Å². The Morgan fingerprint density at radius 2 is 1.81 bits per heavy atom. The Morgan fingerprint density at radius 1 is 1.05 bits per heavy atom. The summed E-state index contributed by atoms with van der Waals surface area (Å²) in [4.78, 5) is 0. The lowest BCUT2D eigenvalue weighted by Crippen LogP contribution is -1.94. The minimum absolute atomic E-state index is 0.217. The van der Waals surface area contributed by atoms with Gasteiger partial charge in [-0.2, -0.15) is 0 Å². The molecule has 0 spiro atoms. The van der Waals surface area contributed by atoms with Gasteiger partial charge in [-0.1, -0.05) is 12.1 Å². The van der Waals surface area contributed by atoms with Crippen LogP contribution >= 0.6 is 0 Å². The van der Waals surface area contributed by atoms with Gasteiger partial charge in [0.05, 0.1) is 5.52 Å². The van der Waals surface area contributed by atoms with Crippen molar-refractivity contribution >= 4 is 10.9 Å². The molecule has 1 aromatic heterocycles. The number of para-hydroxylation sites is 1. The highest BCUT2D eigenvalue weighted by Gasteiger charge is 2.11. The van der Waals surface area contributed by atoms with E-state index >= 15 is 0 Å². The predicted octanol–water partition coefficient (Wildman–Crippen LogP) is 3.65. The summed E-state index contributed by atoms with van der Waals surface area (Å²) in [6.07, 6.45) is 2.00. The highest BCUT2D eigenvalue weighted by Crippen LogP contribution is 2.30. The van der Waals surface area contributed by atoms with Crippen LogP contribution in [-0.2, 0) is 13.2 Å². The Kier molecular flexibility index (Phi) is 3.44. The molecule has 0 saturated carbocycles. The summed E-state index contributed by atoms with van der Waals surface area (Å²) >= 11 is 0. The number of aromatic nitrogens is 1. The third-order valence-corrected chi connectivity index (χ3v) is 3.53. The number of hydrogen-bond donors (Lipinski definition) is 2. The maximum Gasteiger partial charge on any atom is 0.139 e. The number of aromatic hydroxyl groups is 2. The van der Waals surface area contributed by atoms with Crippen LogP contribution in [0.15, 0.2) is 48.7 Å². The van der Waals surface area contributed by atoms with Crippen LogP contribution < -0.4 is 4.74 Å². The van der Waals surface area contributed by atoms with Crippen LogP contribution in [0, 0.1) is 0 Å². The Bertz CT molecular complexity index is 760. The minimum atomic E-state index is 0.217. The molecule has 3 aromatic rings. The van der Waals surface area contributed by atoms with E-state index in [-0.39, 0.29) is 11.5 Å². The third-order valence-electron chi connectivity index (χ3n) is 3.53. The molecule has 3 rings (SSSR count). The van der Waals surface area contributed by atoms with Crippen LogP contribution in [0.2, 0.25) is 0 Å². The van der Waals surface area contributed by atoms with E-state index < -0.39 is 0 Å². The van der Waals surface area contributed by atoms with Gasteiger partial charge in [0.1, 0.15) is 23.9 Å². The van der Waals surface area contributed by atoms with Gasteiger partial charge in [-0.25, -0.2) is 0 Å². The number of benzene rings is 2. The molecule has 0 aliphatic heterocycles. The Labute approximate surface area is 122 Å². The van der Waals surface area contributed by atoms with E-state index in [1.807, 2.05) is 29.8 Å². The van der Waals surface area contributed by atoms with Gasteiger partial charge in [0.15, 0.2) is 0 Å². The van der Waals surface area contributed by atoms with Crippen molar-refractivity contribution in [3.05, 3.63) is 54.2 Å². The second kappa shape index (κ2) is 5.40. The van der Waals surface area contributed by atoms with Crippen LogP contribution in [0.25, 0.3) is 10.9 Å². The Balaban J connectivity index is 1.90. The third kappa shape index (κ3) is 2.52. The van der Waals surface area contributed by atoms with Gasteiger partial charge in [0.25, 0.3) is 0 Å². The molecule has 2 N–H and O–H groups in total. The Hall–Kier alpha value is -2.62. The molecule has 0 atom stereocenters. The average molecular weight is 283 g/mol. The SMILES string of the molecule is CCn1cc(COc2ccc(O)cc2)c2cccc(O)c21. The van der Waals surface area contributed by atoms with Crippen molar-refractivity contribution in [3.63, 3.8) is 0 Å². The van der Waals surface area contributed by atoms with Crippen LogP contribution in [0.3, 0.4) is 0 Å². The number of phenolic OH excluding ortho intramolecular Hbond substituents is 2. The number of rotatable bonds is 4. The normalized spacial score (nSPS) is 10.9. The number of phenols is 2. The van der Waals surface area contributed by atoms with Crippen molar-refractivity contribution in [1.29, 1.82) is 0 Å². The largest absolute Gasteiger partial charge is 0.508 e. The van der Waals surface area contributed by atoms with Crippen molar-refractivity contribution < 1.29 is 14.9 Å². The molecule has 0 saturated heterocycles. The van der Waals surface area contributed by atoms with E-state index in [2.05, 4.69) is 0 Å². The predicted molar refractivity (Wildman–Crippen MR) is 81.7 cm³/mol. The van der Waals surface area contributed by atoms with Crippen molar-refractivity contribution in [1.82, 2.24) is 4.57 Å². The maximum absolute atomic E-state index is 10.0. The van der Waals surface area contributed by atoms with Gasteiger partial charge in [-0.3, -0.25) is 0 Å². The molecule has 4 nitrogen and oxygen atoms in total. The second-order valence-electron chi connectivity index (χ2n) is 4.90. The number of hydrogen-bond acceptors (Lipinski definition) is 3. The van der Waals surface area contributed by atoms with Crippen molar-refractivity contribution in [2.24, 2.45) is 0 Å². The monoisotopic (exact) mass is 283 g/mol. The number of fused-ring (bicyclic) bond motifs is 1. The molecular formula is C17H17NO3. The molecule has 0 unspecified atom stereocenters. The van der Waals surface area contributed by atoms with Crippen molar-refractivity contribution in [2.75, 3.05) is 0 Å². The molecule has 0 amide bonds. The minimum Gasteiger partial charge on any atom is -0.508 e. The Morgan fingerprint density at radius 3 is 2.52 bits per heavy atom. The first-order chi connectivity index (χ1) is 10.2. The van der Waals surface area contributed by atoms with E-state index in [0.717, 1.165) is 23.0 Å². The fourth-order valence-electron chi connectivity index (χ4n) is 2.48. The fraction of sp³-hybridized carbons (Fsp3) is 0.176. The summed E-state index contributed by atoms with van der Waals surface area (Å²) in [5, 5.41) is 20.3. The lowest BCUT2D eigenvalue weighted by molar-refractivity contribution is 0.307. The topological polar surface area (TPSA) is 54.6 Å². The quantitative estimate of drug-likeness (QED) is 0.768. The maximum atomic E-state index is 10.0. The summed E-state index contributed by atoms with van der Waals surface area (Å²) in [7, 11) is 0. The van der Waals surface area contributed by atoms with Gasteiger partial charge >= 0.3 is 0 Å². The molecule has 0 aliphatic carbocycles. The van der Waals surface area contributed by atoms with Gasteiger partial charge in [0.2, 0.25) is 0 Å². The second-order valence-corrected chi connectivity index (χ2v) is 4.90. The van der Waals surface area contributed by atoms with E-state index in [1.165, 1.54) is 0 Å². The van der Waals surface area contributed by atoms with E-state index in [9.17, 15) is 10.2 Å². The first kappa shape index (κ1) is 13.4.